The Morgan fingerprint density at radius 3 is 2.56 bits per heavy atom. The van der Waals surface area contributed by atoms with Crippen molar-refractivity contribution < 1.29 is 23.8 Å². The van der Waals surface area contributed by atoms with E-state index in [9.17, 15) is 9.18 Å². The molecule has 0 aliphatic carbocycles. The van der Waals surface area contributed by atoms with E-state index in [4.69, 9.17) is 26.2 Å². The second-order valence-corrected chi connectivity index (χ2v) is 9.95. The number of carbonyl (C=O) groups is 1. The van der Waals surface area contributed by atoms with Gasteiger partial charge in [0.2, 0.25) is 0 Å². The molecule has 0 radical (unpaired) electrons. The van der Waals surface area contributed by atoms with Crippen molar-refractivity contribution in [2.45, 2.75) is 45.3 Å². The van der Waals surface area contributed by atoms with Crippen LogP contribution in [-0.2, 0) is 9.53 Å². The van der Waals surface area contributed by atoms with Gasteiger partial charge in [-0.05, 0) is 49.1 Å². The van der Waals surface area contributed by atoms with Crippen LogP contribution in [0.15, 0.2) is 53.0 Å². The summed E-state index contributed by atoms with van der Waals surface area (Å²) in [5.74, 6) is -1.75. The molecule has 2 aromatic rings. The molecule has 1 aliphatic heterocycles. The fraction of sp³-hybridized carbons (Fsp3) is 0.400. The summed E-state index contributed by atoms with van der Waals surface area (Å²) in [4.78, 5) is 11.1. The second kappa shape index (κ2) is 10.4. The largest absolute Gasteiger partial charge is 0.479 e. The van der Waals surface area contributed by atoms with Crippen LogP contribution in [0.2, 0.25) is 5.02 Å². The third kappa shape index (κ3) is 5.53. The average molecular weight is 526 g/mol. The Bertz CT molecular complexity index is 992. The van der Waals surface area contributed by atoms with Crippen molar-refractivity contribution in [2.75, 3.05) is 6.61 Å². The number of aliphatic carboxylic acids is 1. The molecular weight excluding hydrogens is 499 g/mol. The van der Waals surface area contributed by atoms with Gasteiger partial charge in [-0.2, -0.15) is 0 Å². The summed E-state index contributed by atoms with van der Waals surface area (Å²) < 4.78 is 27.4. The Morgan fingerprint density at radius 2 is 2.00 bits per heavy atom. The molecule has 1 saturated heterocycles. The third-order valence-electron chi connectivity index (χ3n) is 5.85. The van der Waals surface area contributed by atoms with Crippen molar-refractivity contribution >= 4 is 33.5 Å². The van der Waals surface area contributed by atoms with Crippen LogP contribution in [0.1, 0.15) is 50.3 Å². The van der Waals surface area contributed by atoms with Crippen molar-refractivity contribution in [2.24, 2.45) is 11.8 Å². The summed E-state index contributed by atoms with van der Waals surface area (Å²) in [7, 11) is 0. The molecule has 0 unspecified atom stereocenters. The molecule has 4 nitrogen and oxygen atoms in total. The van der Waals surface area contributed by atoms with Crippen molar-refractivity contribution in [1.29, 1.82) is 0 Å². The molecule has 3 rings (SSSR count). The van der Waals surface area contributed by atoms with Gasteiger partial charge >= 0.3 is 5.97 Å². The third-order valence-corrected chi connectivity index (χ3v) is 6.56. The quantitative estimate of drug-likeness (QED) is 0.389. The molecule has 1 fully saturated rings. The zero-order chi connectivity index (χ0) is 23.6. The first-order chi connectivity index (χ1) is 15.1. The lowest BCUT2D eigenvalue weighted by Crippen LogP contribution is -2.39. The van der Waals surface area contributed by atoms with Gasteiger partial charge in [-0.25, -0.2) is 9.18 Å². The maximum absolute atomic E-state index is 14.8. The molecule has 2 aromatic carbocycles. The number of hydrogen-bond donors (Lipinski definition) is 1. The Morgan fingerprint density at radius 1 is 1.34 bits per heavy atom. The molecule has 0 bridgehead atoms. The van der Waals surface area contributed by atoms with Crippen LogP contribution in [0.4, 0.5) is 4.39 Å². The SMILES string of the molecule is C=C(C)[C@@H]1C[C@@H](c2ccc(Cl)cc2)[C@@H](C(C)C)O[C@H]1c1cc(Br)cc(F)c1OCC(=O)O. The molecule has 4 atom stereocenters. The molecule has 0 aromatic heterocycles. The van der Waals surface area contributed by atoms with E-state index in [2.05, 4.69) is 36.4 Å². The number of ether oxygens (including phenoxy) is 2. The minimum atomic E-state index is -1.18. The predicted molar refractivity (Wildman–Crippen MR) is 127 cm³/mol. The summed E-state index contributed by atoms with van der Waals surface area (Å²) in [6, 6.07) is 10.8. The fourth-order valence-corrected chi connectivity index (χ4v) is 4.95. The number of hydrogen-bond acceptors (Lipinski definition) is 3. The number of carboxylic acids is 1. The van der Waals surface area contributed by atoms with E-state index in [1.54, 1.807) is 6.07 Å². The summed E-state index contributed by atoms with van der Waals surface area (Å²) in [5, 5.41) is 9.72. The highest BCUT2D eigenvalue weighted by Crippen LogP contribution is 2.50. The van der Waals surface area contributed by atoms with E-state index in [0.717, 1.165) is 17.6 Å². The lowest BCUT2D eigenvalue weighted by Gasteiger charge is -2.44. The number of halogens is 3. The van der Waals surface area contributed by atoms with Gasteiger partial charge in [0.05, 0.1) is 12.2 Å². The molecule has 1 heterocycles. The standard InChI is InChI=1S/C25H27BrClFO4/c1-13(2)18-11-19(15-5-7-17(27)8-6-15)23(14(3)4)32-24(18)20-9-16(26)10-21(28)25(20)31-12-22(29)30/h5-10,14,18-19,23-24H,1,11-12H2,2-4H3,(H,29,30)/t18-,19-,23+,24+/m0/s1. The van der Waals surface area contributed by atoms with Crippen molar-refractivity contribution in [1.82, 2.24) is 0 Å². The zero-order valence-corrected chi connectivity index (χ0v) is 20.6. The van der Waals surface area contributed by atoms with Crippen molar-refractivity contribution in [3.63, 3.8) is 0 Å². The van der Waals surface area contributed by atoms with Crippen molar-refractivity contribution in [3.05, 3.63) is 75.0 Å². The van der Waals surface area contributed by atoms with Gasteiger partial charge in [0.1, 0.15) is 0 Å². The molecule has 32 heavy (non-hydrogen) atoms. The van der Waals surface area contributed by atoms with E-state index < -0.39 is 24.5 Å². The minimum absolute atomic E-state index is 0.0979. The lowest BCUT2D eigenvalue weighted by atomic mass is 9.73. The van der Waals surface area contributed by atoms with Gasteiger partial charge < -0.3 is 14.6 Å². The molecule has 0 spiro atoms. The topological polar surface area (TPSA) is 55.8 Å². The van der Waals surface area contributed by atoms with E-state index >= 15 is 0 Å². The van der Waals surface area contributed by atoms with E-state index in [1.165, 1.54) is 6.07 Å². The van der Waals surface area contributed by atoms with Gasteiger partial charge in [-0.15, -0.1) is 0 Å². The fourth-order valence-electron chi connectivity index (χ4n) is 4.38. The zero-order valence-electron chi connectivity index (χ0n) is 18.3. The first-order valence-electron chi connectivity index (χ1n) is 10.5. The highest BCUT2D eigenvalue weighted by molar-refractivity contribution is 9.10. The van der Waals surface area contributed by atoms with Gasteiger partial charge in [0.15, 0.2) is 18.2 Å². The number of benzene rings is 2. The summed E-state index contributed by atoms with van der Waals surface area (Å²) >= 11 is 9.44. The Kier molecular flexibility index (Phi) is 8.01. The summed E-state index contributed by atoms with van der Waals surface area (Å²) in [6.07, 6.45) is 0.0714. The Balaban J connectivity index is 2.06. The van der Waals surface area contributed by atoms with E-state index in [0.29, 0.717) is 15.1 Å². The van der Waals surface area contributed by atoms with Gasteiger partial charge in [0.25, 0.3) is 0 Å². The summed E-state index contributed by atoms with van der Waals surface area (Å²) in [5.41, 5.74) is 2.51. The highest BCUT2D eigenvalue weighted by atomic mass is 79.9. The molecule has 172 valence electrons. The second-order valence-electron chi connectivity index (χ2n) is 8.60. The normalized spacial score (nSPS) is 23.2. The average Bonchev–Trinajstić information content (AvgIpc) is 2.72. The van der Waals surface area contributed by atoms with Crippen LogP contribution in [0.5, 0.6) is 5.75 Å². The van der Waals surface area contributed by atoms with Crippen molar-refractivity contribution in [3.8, 4) is 5.75 Å². The van der Waals surface area contributed by atoms with Crippen LogP contribution in [0, 0.1) is 17.7 Å². The number of carboxylic acid groups (broad SMARTS) is 1. The predicted octanol–water partition coefficient (Wildman–Crippen LogP) is 7.17. The van der Waals surface area contributed by atoms with Crippen LogP contribution in [-0.4, -0.2) is 23.8 Å². The molecule has 0 saturated carbocycles. The highest BCUT2D eigenvalue weighted by Gasteiger charge is 2.42. The first kappa shape index (κ1) is 24.7. The molecule has 7 heteroatoms. The van der Waals surface area contributed by atoms with Gasteiger partial charge in [-0.1, -0.05) is 65.7 Å². The minimum Gasteiger partial charge on any atom is -0.479 e. The van der Waals surface area contributed by atoms with Gasteiger partial charge in [-0.3, -0.25) is 0 Å². The monoisotopic (exact) mass is 524 g/mol. The maximum atomic E-state index is 14.8. The smallest absolute Gasteiger partial charge is 0.341 e. The molecular formula is C25H27BrClFO4. The molecule has 1 N–H and O–H groups in total. The van der Waals surface area contributed by atoms with Crippen LogP contribution >= 0.6 is 27.5 Å². The lowest BCUT2D eigenvalue weighted by molar-refractivity contribution is -0.139. The van der Waals surface area contributed by atoms with Crippen LogP contribution in [0.3, 0.4) is 0 Å². The Labute approximate surface area is 201 Å². The summed E-state index contributed by atoms with van der Waals surface area (Å²) in [6.45, 7) is 9.65. The maximum Gasteiger partial charge on any atom is 0.341 e. The van der Waals surface area contributed by atoms with E-state index in [1.807, 2.05) is 31.2 Å². The molecule has 0 amide bonds. The number of rotatable bonds is 7. The van der Waals surface area contributed by atoms with E-state index in [-0.39, 0.29) is 29.6 Å². The van der Waals surface area contributed by atoms with Gasteiger partial charge in [0, 0.05) is 26.9 Å². The van der Waals surface area contributed by atoms with Crippen LogP contribution < -0.4 is 4.74 Å². The molecule has 1 aliphatic rings. The Hall–Kier alpha value is -1.89. The van der Waals surface area contributed by atoms with Crippen LogP contribution in [0.25, 0.3) is 0 Å². The first-order valence-corrected chi connectivity index (χ1v) is 11.7.